The number of anilines is 2. The molecule has 0 saturated carbocycles. The van der Waals surface area contributed by atoms with Crippen molar-refractivity contribution in [2.45, 2.75) is 6.92 Å². The van der Waals surface area contributed by atoms with Crippen molar-refractivity contribution >= 4 is 45.8 Å². The molecule has 0 aliphatic heterocycles. The maximum absolute atomic E-state index is 11.7. The summed E-state index contributed by atoms with van der Waals surface area (Å²) in [6.45, 7) is 1.95. The van der Waals surface area contributed by atoms with Gasteiger partial charge in [-0.2, -0.15) is 0 Å². The second-order valence-electron chi connectivity index (χ2n) is 4.28. The van der Waals surface area contributed by atoms with Gasteiger partial charge in [0.15, 0.2) is 0 Å². The molecule has 0 bridgehead atoms. The molecule has 0 fully saturated rings. The third-order valence-corrected chi connectivity index (χ3v) is 3.34. The van der Waals surface area contributed by atoms with Gasteiger partial charge < -0.3 is 10.6 Å². The number of carbonyl (C=O) groups excluding carboxylic acids is 2. The maximum atomic E-state index is 11.7. The summed E-state index contributed by atoms with van der Waals surface area (Å²) >= 11 is 2.17. The fraction of sp³-hybridized carbons (Fsp3) is 0.0667. The molecule has 0 aromatic heterocycles. The molecule has 0 aliphatic rings. The molecule has 0 atom stereocenters. The molecule has 0 saturated heterocycles. The van der Waals surface area contributed by atoms with Crippen LogP contribution in [0.2, 0.25) is 0 Å². The minimum atomic E-state index is -0.688. The zero-order valence-electron chi connectivity index (χ0n) is 10.8. The van der Waals surface area contributed by atoms with Crippen LogP contribution in [0.5, 0.6) is 0 Å². The summed E-state index contributed by atoms with van der Waals surface area (Å²) in [5, 5.41) is 5.09. The predicted molar refractivity (Wildman–Crippen MR) is 87.6 cm³/mol. The lowest BCUT2D eigenvalue weighted by Gasteiger charge is -2.07. The lowest BCUT2D eigenvalue weighted by atomic mass is 10.2. The normalized spacial score (nSPS) is 9.90. The molecule has 0 spiro atoms. The van der Waals surface area contributed by atoms with E-state index in [2.05, 4.69) is 33.2 Å². The zero-order valence-corrected chi connectivity index (χ0v) is 13.0. The first kappa shape index (κ1) is 14.5. The summed E-state index contributed by atoms with van der Waals surface area (Å²) in [5.41, 5.74) is 2.28. The molecule has 2 aromatic carbocycles. The number of hydrogen-bond donors (Lipinski definition) is 2. The van der Waals surface area contributed by atoms with E-state index in [0.29, 0.717) is 11.4 Å². The Kier molecular flexibility index (Phi) is 4.73. The summed E-state index contributed by atoms with van der Waals surface area (Å²) in [4.78, 5) is 23.5. The number of carbonyl (C=O) groups is 2. The second-order valence-corrected chi connectivity index (χ2v) is 5.53. The van der Waals surface area contributed by atoms with E-state index >= 15 is 0 Å². The fourth-order valence-electron chi connectivity index (χ4n) is 1.55. The highest BCUT2D eigenvalue weighted by atomic mass is 127. The van der Waals surface area contributed by atoms with Gasteiger partial charge in [0.1, 0.15) is 0 Å². The van der Waals surface area contributed by atoms with Crippen molar-refractivity contribution in [2.24, 2.45) is 0 Å². The zero-order chi connectivity index (χ0) is 14.5. The molecule has 4 nitrogen and oxygen atoms in total. The second kappa shape index (κ2) is 6.51. The van der Waals surface area contributed by atoms with Crippen molar-refractivity contribution in [3.63, 3.8) is 0 Å². The topological polar surface area (TPSA) is 58.2 Å². The number of hydrogen-bond acceptors (Lipinski definition) is 2. The van der Waals surface area contributed by atoms with Crippen molar-refractivity contribution in [1.29, 1.82) is 0 Å². The van der Waals surface area contributed by atoms with Crippen LogP contribution >= 0.6 is 22.6 Å². The van der Waals surface area contributed by atoms with E-state index in [0.717, 1.165) is 9.13 Å². The van der Waals surface area contributed by atoms with E-state index in [1.165, 1.54) is 0 Å². The summed E-state index contributed by atoms with van der Waals surface area (Å²) in [6.07, 6.45) is 0. The number of benzene rings is 2. The Hall–Kier alpha value is -1.89. The van der Waals surface area contributed by atoms with E-state index in [9.17, 15) is 9.59 Å². The van der Waals surface area contributed by atoms with Gasteiger partial charge in [0, 0.05) is 14.9 Å². The van der Waals surface area contributed by atoms with E-state index in [4.69, 9.17) is 0 Å². The third kappa shape index (κ3) is 4.06. The van der Waals surface area contributed by atoms with Crippen molar-refractivity contribution < 1.29 is 9.59 Å². The van der Waals surface area contributed by atoms with Gasteiger partial charge >= 0.3 is 11.8 Å². The molecule has 102 valence electrons. The van der Waals surface area contributed by atoms with Crippen LogP contribution in [-0.2, 0) is 9.59 Å². The Morgan fingerprint density at radius 3 is 1.65 bits per heavy atom. The molecule has 2 rings (SSSR count). The van der Waals surface area contributed by atoms with Gasteiger partial charge in [0.2, 0.25) is 0 Å². The van der Waals surface area contributed by atoms with Crippen LogP contribution in [0.4, 0.5) is 11.4 Å². The molecule has 5 heteroatoms. The van der Waals surface area contributed by atoms with E-state index < -0.39 is 11.8 Å². The largest absolute Gasteiger partial charge is 0.318 e. The van der Waals surface area contributed by atoms with Crippen molar-refractivity contribution in [2.75, 3.05) is 10.6 Å². The summed E-state index contributed by atoms with van der Waals surface area (Å²) in [6, 6.07) is 14.5. The maximum Gasteiger partial charge on any atom is 0.314 e. The molecule has 20 heavy (non-hydrogen) atoms. The average Bonchev–Trinajstić information content (AvgIpc) is 2.44. The van der Waals surface area contributed by atoms with Crippen molar-refractivity contribution in [3.8, 4) is 0 Å². The van der Waals surface area contributed by atoms with Gasteiger partial charge in [-0.15, -0.1) is 0 Å². The molecule has 0 aliphatic carbocycles. The standard InChI is InChI=1S/C15H13IN2O2/c1-10-2-6-12(7-3-10)17-14(19)15(20)18-13-8-4-11(16)5-9-13/h2-9H,1H3,(H,17,19)(H,18,20). The summed E-state index contributed by atoms with van der Waals surface area (Å²) in [5.74, 6) is -1.38. The summed E-state index contributed by atoms with van der Waals surface area (Å²) < 4.78 is 1.06. The Balaban J connectivity index is 1.96. The minimum absolute atomic E-state index is 0.592. The third-order valence-electron chi connectivity index (χ3n) is 2.62. The number of amides is 2. The van der Waals surface area contributed by atoms with Gasteiger partial charge in [-0.05, 0) is 65.9 Å². The monoisotopic (exact) mass is 380 g/mol. The van der Waals surface area contributed by atoms with Crippen LogP contribution in [0.1, 0.15) is 5.56 Å². The Morgan fingerprint density at radius 2 is 1.20 bits per heavy atom. The Bertz CT molecular complexity index is 564. The van der Waals surface area contributed by atoms with Gasteiger partial charge in [0.05, 0.1) is 0 Å². The lowest BCUT2D eigenvalue weighted by molar-refractivity contribution is -0.132. The van der Waals surface area contributed by atoms with Crippen LogP contribution in [-0.4, -0.2) is 11.8 Å². The molecule has 2 aromatic rings. The molecule has 0 unspecified atom stereocenters. The molecular weight excluding hydrogens is 367 g/mol. The highest BCUT2D eigenvalue weighted by Crippen LogP contribution is 2.12. The van der Waals surface area contributed by atoms with Gasteiger partial charge in [-0.1, -0.05) is 17.7 Å². The highest BCUT2D eigenvalue weighted by Gasteiger charge is 2.13. The van der Waals surface area contributed by atoms with E-state index in [1.54, 1.807) is 24.3 Å². The average molecular weight is 380 g/mol. The highest BCUT2D eigenvalue weighted by molar-refractivity contribution is 14.1. The molecular formula is C15H13IN2O2. The van der Waals surface area contributed by atoms with Gasteiger partial charge in [0.25, 0.3) is 0 Å². The molecule has 2 N–H and O–H groups in total. The van der Waals surface area contributed by atoms with Crippen LogP contribution in [0.3, 0.4) is 0 Å². The smallest absolute Gasteiger partial charge is 0.314 e. The molecule has 0 heterocycles. The van der Waals surface area contributed by atoms with Crippen LogP contribution in [0.25, 0.3) is 0 Å². The SMILES string of the molecule is Cc1ccc(NC(=O)C(=O)Nc2ccc(I)cc2)cc1. The first-order valence-electron chi connectivity index (χ1n) is 5.99. The van der Waals surface area contributed by atoms with Crippen molar-refractivity contribution in [1.82, 2.24) is 0 Å². The van der Waals surface area contributed by atoms with Crippen LogP contribution in [0, 0.1) is 10.5 Å². The molecule has 2 amide bonds. The van der Waals surface area contributed by atoms with Crippen LogP contribution < -0.4 is 10.6 Å². The lowest BCUT2D eigenvalue weighted by Crippen LogP contribution is -2.29. The fourth-order valence-corrected chi connectivity index (χ4v) is 1.91. The summed E-state index contributed by atoms with van der Waals surface area (Å²) in [7, 11) is 0. The number of halogens is 1. The molecule has 0 radical (unpaired) electrons. The minimum Gasteiger partial charge on any atom is -0.318 e. The van der Waals surface area contributed by atoms with Crippen LogP contribution in [0.15, 0.2) is 48.5 Å². The predicted octanol–water partition coefficient (Wildman–Crippen LogP) is 3.18. The Labute approximate surface area is 130 Å². The van der Waals surface area contributed by atoms with Gasteiger partial charge in [-0.25, -0.2) is 0 Å². The first-order valence-corrected chi connectivity index (χ1v) is 7.07. The number of aryl methyl sites for hydroxylation is 1. The number of nitrogens with one attached hydrogen (secondary N) is 2. The first-order chi connectivity index (χ1) is 9.54. The van der Waals surface area contributed by atoms with Crippen molar-refractivity contribution in [3.05, 3.63) is 57.7 Å². The van der Waals surface area contributed by atoms with Gasteiger partial charge in [-0.3, -0.25) is 9.59 Å². The Morgan fingerprint density at radius 1 is 0.800 bits per heavy atom. The van der Waals surface area contributed by atoms with E-state index in [1.807, 2.05) is 31.2 Å². The van der Waals surface area contributed by atoms with E-state index in [-0.39, 0.29) is 0 Å². The quantitative estimate of drug-likeness (QED) is 0.621. The number of rotatable bonds is 2.